The fraction of sp³-hybridized carbons (Fsp3) is 0.455. The van der Waals surface area contributed by atoms with Crippen LogP contribution >= 0.6 is 0 Å². The molecule has 1 aromatic rings. The molecule has 4 nitrogen and oxygen atoms in total. The minimum atomic E-state index is -1.11. The van der Waals surface area contributed by atoms with Crippen molar-refractivity contribution >= 4 is 5.69 Å². The Kier molecular flexibility index (Phi) is 2.43. The van der Waals surface area contributed by atoms with E-state index in [1.807, 2.05) is 0 Å². The van der Waals surface area contributed by atoms with Crippen LogP contribution < -0.4 is 5.73 Å². The first-order valence-corrected chi connectivity index (χ1v) is 5.16. The number of nitrogens with two attached hydrogens (primary N) is 1. The molecule has 17 heavy (non-hydrogen) atoms. The van der Waals surface area contributed by atoms with Crippen LogP contribution in [0.2, 0.25) is 0 Å². The molecule has 1 aromatic carbocycles. The van der Waals surface area contributed by atoms with E-state index in [-0.39, 0.29) is 11.6 Å². The summed E-state index contributed by atoms with van der Waals surface area (Å²) in [6, 6.07) is 1.36. The van der Waals surface area contributed by atoms with Crippen molar-refractivity contribution in [2.45, 2.75) is 25.8 Å². The van der Waals surface area contributed by atoms with Crippen LogP contribution in [0, 0.1) is 27.2 Å². The zero-order valence-electron chi connectivity index (χ0n) is 9.41. The second kappa shape index (κ2) is 3.46. The van der Waals surface area contributed by atoms with E-state index in [1.165, 1.54) is 0 Å². The van der Waals surface area contributed by atoms with Crippen LogP contribution in [0.25, 0.3) is 0 Å². The maximum absolute atomic E-state index is 13.9. The average molecular weight is 242 g/mol. The Hall–Kier alpha value is -1.56. The molecule has 1 saturated carbocycles. The summed E-state index contributed by atoms with van der Waals surface area (Å²) in [5, 5.41) is 10.6. The Labute approximate surface area is 96.6 Å². The molecule has 1 aliphatic carbocycles. The van der Waals surface area contributed by atoms with Gasteiger partial charge in [-0.3, -0.25) is 10.1 Å². The molecule has 0 aliphatic heterocycles. The van der Waals surface area contributed by atoms with Gasteiger partial charge in [-0.15, -0.1) is 0 Å². The van der Waals surface area contributed by atoms with Gasteiger partial charge in [-0.1, -0.05) is 13.8 Å². The predicted octanol–water partition coefficient (Wildman–Crippen LogP) is 2.32. The van der Waals surface area contributed by atoms with Gasteiger partial charge in [0.25, 0.3) is 0 Å². The molecule has 0 spiro atoms. The highest BCUT2D eigenvalue weighted by Gasteiger charge is 2.58. The largest absolute Gasteiger partial charge is 0.327 e. The molecule has 2 rings (SSSR count). The van der Waals surface area contributed by atoms with Gasteiger partial charge in [-0.05, 0) is 11.5 Å². The van der Waals surface area contributed by atoms with Crippen molar-refractivity contribution in [1.82, 2.24) is 0 Å². The van der Waals surface area contributed by atoms with Gasteiger partial charge in [0.2, 0.25) is 5.82 Å². The molecule has 0 aromatic heterocycles. The maximum Gasteiger partial charge on any atom is 0.305 e. The van der Waals surface area contributed by atoms with Crippen molar-refractivity contribution < 1.29 is 13.7 Å². The zero-order valence-corrected chi connectivity index (χ0v) is 9.41. The number of hydrogen-bond donors (Lipinski definition) is 1. The normalized spacial score (nSPS) is 25.7. The van der Waals surface area contributed by atoms with E-state index in [0.29, 0.717) is 0 Å². The fourth-order valence-corrected chi connectivity index (χ4v) is 2.21. The van der Waals surface area contributed by atoms with E-state index in [4.69, 9.17) is 5.73 Å². The lowest BCUT2D eigenvalue weighted by molar-refractivity contribution is -0.387. The van der Waals surface area contributed by atoms with E-state index < -0.39 is 33.6 Å². The number of nitrogens with zero attached hydrogens (tertiary/aromatic N) is 1. The van der Waals surface area contributed by atoms with Gasteiger partial charge in [0, 0.05) is 23.6 Å². The summed E-state index contributed by atoms with van der Waals surface area (Å²) in [5.74, 6) is -2.40. The highest BCUT2D eigenvalue weighted by molar-refractivity contribution is 5.44. The van der Waals surface area contributed by atoms with E-state index >= 15 is 0 Å². The quantitative estimate of drug-likeness (QED) is 0.639. The van der Waals surface area contributed by atoms with E-state index in [2.05, 4.69) is 0 Å². The minimum absolute atomic E-state index is 0.267. The second-order valence-electron chi connectivity index (χ2n) is 4.88. The van der Waals surface area contributed by atoms with Crippen molar-refractivity contribution in [2.24, 2.45) is 11.1 Å². The zero-order chi connectivity index (χ0) is 13.0. The molecule has 1 aliphatic rings. The number of hydrogen-bond acceptors (Lipinski definition) is 3. The van der Waals surface area contributed by atoms with Crippen LogP contribution in [-0.4, -0.2) is 11.0 Å². The molecule has 6 heteroatoms. The molecule has 0 amide bonds. The molecule has 2 N–H and O–H groups in total. The van der Waals surface area contributed by atoms with Crippen LogP contribution in [0.15, 0.2) is 12.1 Å². The third-order valence-corrected chi connectivity index (χ3v) is 3.52. The van der Waals surface area contributed by atoms with Gasteiger partial charge in [0.05, 0.1) is 4.92 Å². The lowest BCUT2D eigenvalue weighted by Gasteiger charge is -2.06. The molecule has 0 saturated heterocycles. The SMILES string of the molecule is CC1(C)[C@@H](N)[C@@H]1c1c(F)ccc([N+](=O)[O-])c1F. The standard InChI is InChI=1S/C11H12F2N2O2/c1-11(2)8(10(11)14)7-5(12)3-4-6(9(7)13)15(16)17/h3-4,8,10H,14H2,1-2H3/t8-,10-/m0/s1. The lowest BCUT2D eigenvalue weighted by atomic mass is 10.0. The Bertz CT molecular complexity index is 502. The molecule has 1 fully saturated rings. The monoisotopic (exact) mass is 242 g/mol. The van der Waals surface area contributed by atoms with Gasteiger partial charge in [-0.25, -0.2) is 4.39 Å². The van der Waals surface area contributed by atoms with Crippen LogP contribution in [0.4, 0.5) is 14.5 Å². The third-order valence-electron chi connectivity index (χ3n) is 3.52. The molecule has 0 radical (unpaired) electrons. The van der Waals surface area contributed by atoms with Gasteiger partial charge >= 0.3 is 5.69 Å². The maximum atomic E-state index is 13.9. The minimum Gasteiger partial charge on any atom is -0.327 e. The van der Waals surface area contributed by atoms with Crippen LogP contribution in [0.5, 0.6) is 0 Å². The van der Waals surface area contributed by atoms with Gasteiger partial charge in [-0.2, -0.15) is 4.39 Å². The first-order valence-electron chi connectivity index (χ1n) is 5.16. The number of nitro groups is 1. The molecule has 0 bridgehead atoms. The summed E-state index contributed by atoms with van der Waals surface area (Å²) in [7, 11) is 0. The summed E-state index contributed by atoms with van der Waals surface area (Å²) < 4.78 is 27.4. The van der Waals surface area contributed by atoms with Crippen LogP contribution in [0.1, 0.15) is 25.3 Å². The lowest BCUT2D eigenvalue weighted by Crippen LogP contribution is -2.07. The van der Waals surface area contributed by atoms with Crippen molar-refractivity contribution in [3.63, 3.8) is 0 Å². The van der Waals surface area contributed by atoms with Gasteiger partial charge in [0.15, 0.2) is 0 Å². The van der Waals surface area contributed by atoms with E-state index in [9.17, 15) is 18.9 Å². The second-order valence-corrected chi connectivity index (χ2v) is 4.88. The summed E-state index contributed by atoms with van der Waals surface area (Å²) in [4.78, 5) is 9.72. The Morgan fingerprint density at radius 3 is 2.35 bits per heavy atom. The summed E-state index contributed by atoms with van der Waals surface area (Å²) in [6.07, 6.45) is 0. The molecule has 0 heterocycles. The predicted molar refractivity (Wildman–Crippen MR) is 57.5 cm³/mol. The Morgan fingerprint density at radius 2 is 1.94 bits per heavy atom. The number of benzene rings is 1. The van der Waals surface area contributed by atoms with Crippen molar-refractivity contribution in [3.8, 4) is 0 Å². The highest BCUT2D eigenvalue weighted by Crippen LogP contribution is 2.58. The topological polar surface area (TPSA) is 69.2 Å². The molecular weight excluding hydrogens is 230 g/mol. The van der Waals surface area contributed by atoms with Gasteiger partial charge < -0.3 is 5.73 Å². The Balaban J connectivity index is 2.55. The fourth-order valence-electron chi connectivity index (χ4n) is 2.21. The summed E-state index contributed by atoms with van der Waals surface area (Å²) >= 11 is 0. The first-order chi connectivity index (χ1) is 7.78. The first kappa shape index (κ1) is 11.9. The average Bonchev–Trinajstić information content (AvgIpc) is 2.68. The van der Waals surface area contributed by atoms with Crippen LogP contribution in [-0.2, 0) is 0 Å². The van der Waals surface area contributed by atoms with Gasteiger partial charge in [0.1, 0.15) is 5.82 Å². The van der Waals surface area contributed by atoms with E-state index in [1.54, 1.807) is 13.8 Å². The number of halogens is 2. The highest BCUT2D eigenvalue weighted by atomic mass is 19.1. The third kappa shape index (κ3) is 1.59. The van der Waals surface area contributed by atoms with Crippen molar-refractivity contribution in [1.29, 1.82) is 0 Å². The van der Waals surface area contributed by atoms with E-state index in [0.717, 1.165) is 12.1 Å². The molecular formula is C11H12F2N2O2. The smallest absolute Gasteiger partial charge is 0.305 e. The molecule has 2 atom stereocenters. The molecule has 92 valence electrons. The van der Waals surface area contributed by atoms with Crippen molar-refractivity contribution in [2.75, 3.05) is 0 Å². The number of rotatable bonds is 2. The summed E-state index contributed by atoms with van der Waals surface area (Å²) in [6.45, 7) is 3.56. The van der Waals surface area contributed by atoms with Crippen LogP contribution in [0.3, 0.4) is 0 Å². The molecule has 0 unspecified atom stereocenters. The Morgan fingerprint density at radius 1 is 1.41 bits per heavy atom. The summed E-state index contributed by atoms with van der Waals surface area (Å²) in [5.41, 5.74) is 4.32. The number of nitro benzene ring substituents is 1. The van der Waals surface area contributed by atoms with Crippen molar-refractivity contribution in [3.05, 3.63) is 39.4 Å².